The van der Waals surface area contributed by atoms with Gasteiger partial charge in [-0.05, 0) is 31.7 Å². The van der Waals surface area contributed by atoms with Crippen molar-refractivity contribution in [2.24, 2.45) is 0 Å². The number of nitriles is 1. The molecule has 124 valence electrons. The van der Waals surface area contributed by atoms with Gasteiger partial charge in [0.25, 0.3) is 5.56 Å². The van der Waals surface area contributed by atoms with Crippen LogP contribution < -0.4 is 5.56 Å². The Kier molecular flexibility index (Phi) is 5.59. The van der Waals surface area contributed by atoms with Crippen LogP contribution in [0.5, 0.6) is 5.88 Å². The largest absolute Gasteiger partial charge is 0.494 e. The molecule has 1 aliphatic carbocycles. The summed E-state index contributed by atoms with van der Waals surface area (Å²) in [6.07, 6.45) is 6.61. The molecule has 2 rings (SSSR count). The summed E-state index contributed by atoms with van der Waals surface area (Å²) in [5, 5.41) is 20.0. The molecule has 23 heavy (non-hydrogen) atoms. The van der Waals surface area contributed by atoms with Crippen LogP contribution in [0.15, 0.2) is 4.79 Å². The minimum atomic E-state index is -0.471. The zero-order valence-corrected chi connectivity index (χ0v) is 13.9. The van der Waals surface area contributed by atoms with Crippen molar-refractivity contribution in [3.05, 3.63) is 27.0 Å². The topological polar surface area (TPSA) is 83.1 Å². The minimum absolute atomic E-state index is 0.0202. The normalized spacial score (nSPS) is 15.3. The maximum absolute atomic E-state index is 12.6. The quantitative estimate of drug-likeness (QED) is 0.841. The summed E-state index contributed by atoms with van der Waals surface area (Å²) in [7, 11) is 0. The van der Waals surface area contributed by atoms with Crippen LogP contribution in [0, 0.1) is 18.3 Å². The highest BCUT2D eigenvalue weighted by Gasteiger charge is 2.27. The highest BCUT2D eigenvalue weighted by molar-refractivity contribution is 6.00. The number of pyridine rings is 1. The molecule has 1 fully saturated rings. The number of unbranched alkanes of at least 4 members (excludes halogenated alkanes) is 1. The lowest BCUT2D eigenvalue weighted by Gasteiger charge is -2.26. The van der Waals surface area contributed by atoms with Gasteiger partial charge < -0.3 is 5.11 Å². The van der Waals surface area contributed by atoms with Crippen molar-refractivity contribution in [1.82, 2.24) is 4.57 Å². The molecule has 0 aromatic carbocycles. The molecule has 0 saturated heterocycles. The molecule has 1 aromatic rings. The molecule has 1 aliphatic rings. The molecule has 1 N–H and O–H groups in total. The van der Waals surface area contributed by atoms with Crippen LogP contribution in [0.2, 0.25) is 0 Å². The van der Waals surface area contributed by atoms with E-state index in [1.807, 2.05) is 13.0 Å². The first kappa shape index (κ1) is 17.3. The van der Waals surface area contributed by atoms with E-state index in [4.69, 9.17) is 0 Å². The third-order valence-corrected chi connectivity index (χ3v) is 4.72. The van der Waals surface area contributed by atoms with Crippen molar-refractivity contribution in [2.45, 2.75) is 71.3 Å². The first-order chi connectivity index (χ1) is 11.0. The Morgan fingerprint density at radius 3 is 2.57 bits per heavy atom. The number of ketones is 1. The first-order valence-corrected chi connectivity index (χ1v) is 8.44. The fraction of sp³-hybridized carbons (Fsp3) is 0.611. The predicted octanol–water partition coefficient (Wildman–Crippen LogP) is 3.61. The van der Waals surface area contributed by atoms with Gasteiger partial charge in [-0.3, -0.25) is 14.2 Å². The van der Waals surface area contributed by atoms with E-state index in [-0.39, 0.29) is 28.8 Å². The Bertz CT molecular complexity index is 692. The Labute approximate surface area is 136 Å². The molecule has 0 atom stereocenters. The molecule has 1 aromatic heterocycles. The summed E-state index contributed by atoms with van der Waals surface area (Å²) >= 11 is 0. The van der Waals surface area contributed by atoms with Crippen LogP contribution >= 0.6 is 0 Å². The highest BCUT2D eigenvalue weighted by Crippen LogP contribution is 2.33. The molecule has 0 spiro atoms. The van der Waals surface area contributed by atoms with Crippen molar-refractivity contribution in [3.63, 3.8) is 0 Å². The van der Waals surface area contributed by atoms with E-state index in [9.17, 15) is 20.0 Å². The molecule has 1 saturated carbocycles. The van der Waals surface area contributed by atoms with Gasteiger partial charge in [0.05, 0.1) is 5.56 Å². The third-order valence-electron chi connectivity index (χ3n) is 4.72. The average molecular weight is 316 g/mol. The van der Waals surface area contributed by atoms with E-state index in [2.05, 4.69) is 0 Å². The van der Waals surface area contributed by atoms with Crippen molar-refractivity contribution in [1.29, 1.82) is 5.26 Å². The lowest BCUT2D eigenvalue weighted by atomic mass is 9.93. The second-order valence-electron chi connectivity index (χ2n) is 6.30. The van der Waals surface area contributed by atoms with Crippen LogP contribution in [0.3, 0.4) is 0 Å². The lowest BCUT2D eigenvalue weighted by molar-refractivity contribution is 0.0974. The zero-order chi connectivity index (χ0) is 17.0. The zero-order valence-electron chi connectivity index (χ0n) is 13.9. The molecular weight excluding hydrogens is 292 g/mol. The number of hydrogen-bond acceptors (Lipinski definition) is 4. The first-order valence-electron chi connectivity index (χ1n) is 8.44. The van der Waals surface area contributed by atoms with Crippen molar-refractivity contribution >= 4 is 5.78 Å². The fourth-order valence-corrected chi connectivity index (χ4v) is 3.40. The molecule has 5 nitrogen and oxygen atoms in total. The van der Waals surface area contributed by atoms with E-state index in [1.54, 1.807) is 6.92 Å². The van der Waals surface area contributed by atoms with Gasteiger partial charge >= 0.3 is 0 Å². The van der Waals surface area contributed by atoms with Gasteiger partial charge in [0.1, 0.15) is 11.6 Å². The van der Waals surface area contributed by atoms with Crippen molar-refractivity contribution in [2.75, 3.05) is 0 Å². The van der Waals surface area contributed by atoms with Gasteiger partial charge in [0.2, 0.25) is 5.88 Å². The fourth-order valence-electron chi connectivity index (χ4n) is 3.40. The molecule has 0 radical (unpaired) electrons. The summed E-state index contributed by atoms with van der Waals surface area (Å²) in [6, 6.07) is 1.80. The van der Waals surface area contributed by atoms with Crippen LogP contribution in [-0.4, -0.2) is 15.5 Å². The number of Topliss-reactive ketones (excluding diaryl/α,β-unsaturated/α-hetero) is 1. The summed E-state index contributed by atoms with van der Waals surface area (Å²) in [6.45, 7) is 3.56. The van der Waals surface area contributed by atoms with E-state index in [1.165, 1.54) is 4.57 Å². The maximum Gasteiger partial charge on any atom is 0.271 e. The van der Waals surface area contributed by atoms with Crippen molar-refractivity contribution < 1.29 is 9.90 Å². The van der Waals surface area contributed by atoms with E-state index in [0.29, 0.717) is 12.0 Å². The smallest absolute Gasteiger partial charge is 0.271 e. The van der Waals surface area contributed by atoms with Crippen LogP contribution in [0.25, 0.3) is 0 Å². The summed E-state index contributed by atoms with van der Waals surface area (Å²) in [5.74, 6) is -0.442. The van der Waals surface area contributed by atoms with Crippen LogP contribution in [0.4, 0.5) is 0 Å². The number of nitrogens with zero attached hydrogens (tertiary/aromatic N) is 2. The monoisotopic (exact) mass is 316 g/mol. The number of hydrogen-bond donors (Lipinski definition) is 1. The summed E-state index contributed by atoms with van der Waals surface area (Å²) < 4.78 is 1.30. The predicted molar refractivity (Wildman–Crippen MR) is 87.8 cm³/mol. The second kappa shape index (κ2) is 7.45. The Hall–Kier alpha value is -2.09. The second-order valence-corrected chi connectivity index (χ2v) is 6.30. The summed E-state index contributed by atoms with van der Waals surface area (Å²) in [4.78, 5) is 25.1. The van der Waals surface area contributed by atoms with E-state index in [0.717, 1.165) is 44.9 Å². The Morgan fingerprint density at radius 2 is 2.00 bits per heavy atom. The van der Waals surface area contributed by atoms with Crippen molar-refractivity contribution in [3.8, 4) is 11.9 Å². The van der Waals surface area contributed by atoms with Crippen LogP contribution in [0.1, 0.15) is 85.8 Å². The molecule has 5 heteroatoms. The Balaban J connectivity index is 2.60. The van der Waals surface area contributed by atoms with Gasteiger partial charge in [-0.25, -0.2) is 0 Å². The number of carbonyl (C=O) groups excluding carboxylic acids is 1. The molecule has 1 heterocycles. The number of aromatic hydroxyl groups is 1. The number of rotatable bonds is 5. The molecule has 0 unspecified atom stereocenters. The average Bonchev–Trinajstić information content (AvgIpc) is 2.54. The Morgan fingerprint density at radius 1 is 1.35 bits per heavy atom. The molecule has 0 bridgehead atoms. The van der Waals surface area contributed by atoms with E-state index >= 15 is 0 Å². The lowest BCUT2D eigenvalue weighted by Crippen LogP contribution is -2.30. The minimum Gasteiger partial charge on any atom is -0.494 e. The van der Waals surface area contributed by atoms with Gasteiger partial charge in [-0.1, -0.05) is 32.6 Å². The standard InChI is InChI=1S/C18H24N2O3/c1-3-4-10-15(21)16-12(2)14(11-19)17(22)20(18(16)23)13-8-6-5-7-9-13/h13,23H,3-10H2,1-2H3. The number of aromatic nitrogens is 1. The summed E-state index contributed by atoms with van der Waals surface area (Å²) in [5.41, 5.74) is -0.0296. The highest BCUT2D eigenvalue weighted by atomic mass is 16.3. The van der Waals surface area contributed by atoms with E-state index < -0.39 is 5.56 Å². The van der Waals surface area contributed by atoms with Crippen LogP contribution in [-0.2, 0) is 0 Å². The number of carbonyl (C=O) groups is 1. The SMILES string of the molecule is CCCCC(=O)c1c(C)c(C#N)c(=O)n(C2CCCCC2)c1O. The van der Waals surface area contributed by atoms with Gasteiger partial charge in [-0.2, -0.15) is 5.26 Å². The molecule has 0 amide bonds. The maximum atomic E-state index is 12.6. The molecular formula is C18H24N2O3. The van der Waals surface area contributed by atoms with Gasteiger partial charge in [0.15, 0.2) is 5.78 Å². The molecule has 0 aliphatic heterocycles. The van der Waals surface area contributed by atoms with Gasteiger partial charge in [-0.15, -0.1) is 0 Å². The van der Waals surface area contributed by atoms with Gasteiger partial charge in [0, 0.05) is 12.5 Å². The third kappa shape index (κ3) is 3.31.